The molecule has 2 aromatic rings. The van der Waals surface area contributed by atoms with Gasteiger partial charge in [-0.25, -0.2) is 0 Å². The van der Waals surface area contributed by atoms with Crippen molar-refractivity contribution in [3.8, 4) is 0 Å². The van der Waals surface area contributed by atoms with Crippen LogP contribution in [-0.4, -0.2) is 35.4 Å². The van der Waals surface area contributed by atoms with E-state index in [1.807, 2.05) is 30.3 Å². The molecular weight excluding hydrogens is 358 g/mol. The summed E-state index contributed by atoms with van der Waals surface area (Å²) in [7, 11) is 0. The summed E-state index contributed by atoms with van der Waals surface area (Å²) < 4.78 is 0. The van der Waals surface area contributed by atoms with Crippen LogP contribution in [-0.2, 0) is 4.79 Å². The van der Waals surface area contributed by atoms with E-state index in [9.17, 15) is 4.79 Å². The van der Waals surface area contributed by atoms with Crippen molar-refractivity contribution in [1.29, 1.82) is 0 Å². The van der Waals surface area contributed by atoms with Crippen LogP contribution in [0.25, 0.3) is 6.08 Å². The number of hydrogen-bond donors (Lipinski definition) is 1. The molecule has 2 saturated heterocycles. The molecule has 6 nitrogen and oxygen atoms in total. The van der Waals surface area contributed by atoms with Gasteiger partial charge in [0.1, 0.15) is 0 Å². The number of aromatic nitrogens is 1. The van der Waals surface area contributed by atoms with Gasteiger partial charge in [-0.05, 0) is 54.4 Å². The van der Waals surface area contributed by atoms with Crippen molar-refractivity contribution in [3.63, 3.8) is 0 Å². The standard InChI is InChI=1S/C20H19N5OS/c26-19-18(12-15-5-7-17(8-6-15)25-10-1-2-11-25)27-20(23-19)24-22-14-16-4-3-9-21-13-16/h3-9,12-14H,1-2,10-11H2,(H,23,24,26)/b18-12+,22-14+. The quantitative estimate of drug-likeness (QED) is 0.504. The third kappa shape index (κ3) is 4.43. The van der Waals surface area contributed by atoms with Crippen molar-refractivity contribution < 1.29 is 4.79 Å². The average Bonchev–Trinajstić information content (AvgIpc) is 3.34. The molecular formula is C20H19N5OS. The molecule has 136 valence electrons. The number of amides is 1. The second-order valence-electron chi connectivity index (χ2n) is 6.29. The lowest BCUT2D eigenvalue weighted by Gasteiger charge is -2.17. The minimum Gasteiger partial charge on any atom is -0.372 e. The number of nitrogens with zero attached hydrogens (tertiary/aromatic N) is 4. The van der Waals surface area contributed by atoms with E-state index in [1.54, 1.807) is 18.6 Å². The Labute approximate surface area is 162 Å². The first kappa shape index (κ1) is 17.5. The zero-order valence-corrected chi connectivity index (χ0v) is 15.5. The Kier molecular flexibility index (Phi) is 5.29. The van der Waals surface area contributed by atoms with Gasteiger partial charge in [0, 0.05) is 36.7 Å². The van der Waals surface area contributed by atoms with Crippen LogP contribution in [0.4, 0.5) is 5.69 Å². The summed E-state index contributed by atoms with van der Waals surface area (Å²) in [5.74, 6) is -0.154. The van der Waals surface area contributed by atoms with Crippen LogP contribution in [0, 0.1) is 0 Å². The molecule has 3 heterocycles. The number of hydrogen-bond acceptors (Lipinski definition) is 6. The summed E-state index contributed by atoms with van der Waals surface area (Å²) in [6, 6.07) is 12.0. The first-order chi connectivity index (χ1) is 13.3. The van der Waals surface area contributed by atoms with Crippen LogP contribution >= 0.6 is 11.8 Å². The lowest BCUT2D eigenvalue weighted by Crippen LogP contribution is -2.19. The number of thioether (sulfide) groups is 1. The number of anilines is 1. The highest BCUT2D eigenvalue weighted by Crippen LogP contribution is 2.27. The van der Waals surface area contributed by atoms with Crippen molar-refractivity contribution in [2.45, 2.75) is 12.8 Å². The number of pyridine rings is 1. The van der Waals surface area contributed by atoms with Crippen molar-refractivity contribution in [2.24, 2.45) is 10.2 Å². The van der Waals surface area contributed by atoms with Crippen LogP contribution in [0.3, 0.4) is 0 Å². The predicted octanol–water partition coefficient (Wildman–Crippen LogP) is 3.28. The summed E-state index contributed by atoms with van der Waals surface area (Å²) in [4.78, 5) is 19.2. The second kappa shape index (κ2) is 8.18. The van der Waals surface area contributed by atoms with Gasteiger partial charge in [0.25, 0.3) is 5.91 Å². The monoisotopic (exact) mass is 377 g/mol. The molecule has 4 rings (SSSR count). The molecule has 27 heavy (non-hydrogen) atoms. The zero-order valence-electron chi connectivity index (χ0n) is 14.7. The zero-order chi connectivity index (χ0) is 18.5. The van der Waals surface area contributed by atoms with E-state index in [0.29, 0.717) is 10.1 Å². The third-order valence-corrected chi connectivity index (χ3v) is 5.25. The van der Waals surface area contributed by atoms with Crippen molar-refractivity contribution >= 4 is 40.8 Å². The van der Waals surface area contributed by atoms with E-state index >= 15 is 0 Å². The molecule has 1 aromatic heterocycles. The summed E-state index contributed by atoms with van der Waals surface area (Å²) in [5, 5.41) is 11.3. The van der Waals surface area contributed by atoms with Crippen LogP contribution in [0.1, 0.15) is 24.0 Å². The first-order valence-electron chi connectivity index (χ1n) is 8.85. The lowest BCUT2D eigenvalue weighted by atomic mass is 10.2. The van der Waals surface area contributed by atoms with E-state index in [0.717, 1.165) is 24.2 Å². The molecule has 2 aliphatic rings. The van der Waals surface area contributed by atoms with Crippen LogP contribution < -0.4 is 10.2 Å². The molecule has 0 unspecified atom stereocenters. The maximum atomic E-state index is 12.1. The Balaban J connectivity index is 1.42. The number of carbonyl (C=O) groups excluding carboxylic acids is 1. The molecule has 0 saturated carbocycles. The maximum Gasteiger partial charge on any atom is 0.264 e. The number of carbonyl (C=O) groups is 1. The summed E-state index contributed by atoms with van der Waals surface area (Å²) in [6.07, 6.45) is 9.39. The molecule has 0 spiro atoms. The number of nitrogens with one attached hydrogen (secondary N) is 1. The highest BCUT2D eigenvalue weighted by Gasteiger charge is 2.23. The van der Waals surface area contributed by atoms with Gasteiger partial charge in [-0.3, -0.25) is 15.1 Å². The highest BCUT2D eigenvalue weighted by molar-refractivity contribution is 8.18. The largest absolute Gasteiger partial charge is 0.372 e. The number of rotatable bonds is 4. The Morgan fingerprint density at radius 2 is 1.93 bits per heavy atom. The SMILES string of the molecule is O=C1N/C(=N\N=C\c2cccnc2)S/C1=C/c1ccc(N2CCCC2)cc1. The first-order valence-corrected chi connectivity index (χ1v) is 9.66. The molecule has 1 aromatic carbocycles. The highest BCUT2D eigenvalue weighted by atomic mass is 32.2. The fraction of sp³-hybridized carbons (Fsp3) is 0.200. The number of benzene rings is 1. The molecule has 7 heteroatoms. The molecule has 0 bridgehead atoms. The molecule has 0 atom stereocenters. The molecule has 2 aliphatic heterocycles. The lowest BCUT2D eigenvalue weighted by molar-refractivity contribution is -0.115. The Morgan fingerprint density at radius 3 is 2.67 bits per heavy atom. The summed E-state index contributed by atoms with van der Waals surface area (Å²) in [6.45, 7) is 2.25. The van der Waals surface area contributed by atoms with E-state index < -0.39 is 0 Å². The summed E-state index contributed by atoms with van der Waals surface area (Å²) >= 11 is 1.29. The normalized spacial score (nSPS) is 20.1. The van der Waals surface area contributed by atoms with Gasteiger partial charge >= 0.3 is 0 Å². The Bertz CT molecular complexity index is 900. The molecule has 1 N–H and O–H groups in total. The van der Waals surface area contributed by atoms with Gasteiger partial charge in [-0.1, -0.05) is 18.2 Å². The van der Waals surface area contributed by atoms with Gasteiger partial charge in [-0.2, -0.15) is 5.10 Å². The van der Waals surface area contributed by atoms with Gasteiger partial charge in [0.15, 0.2) is 5.17 Å². The summed E-state index contributed by atoms with van der Waals surface area (Å²) in [5.41, 5.74) is 3.09. The fourth-order valence-electron chi connectivity index (χ4n) is 2.98. The third-order valence-electron chi connectivity index (χ3n) is 4.35. The van der Waals surface area contributed by atoms with Crippen molar-refractivity contribution in [2.75, 3.05) is 18.0 Å². The van der Waals surface area contributed by atoms with E-state index in [-0.39, 0.29) is 5.91 Å². The van der Waals surface area contributed by atoms with E-state index in [1.165, 1.54) is 30.3 Å². The van der Waals surface area contributed by atoms with E-state index in [4.69, 9.17) is 0 Å². The number of amidine groups is 1. The topological polar surface area (TPSA) is 70.0 Å². The molecule has 1 amide bonds. The van der Waals surface area contributed by atoms with Crippen molar-refractivity contribution in [1.82, 2.24) is 10.3 Å². The Hall–Kier alpha value is -2.93. The predicted molar refractivity (Wildman–Crippen MR) is 111 cm³/mol. The van der Waals surface area contributed by atoms with Crippen LogP contribution in [0.5, 0.6) is 0 Å². The van der Waals surface area contributed by atoms with Crippen LogP contribution in [0.15, 0.2) is 63.9 Å². The van der Waals surface area contributed by atoms with Gasteiger partial charge < -0.3 is 4.90 Å². The minimum atomic E-state index is -0.154. The average molecular weight is 377 g/mol. The second-order valence-corrected chi connectivity index (χ2v) is 7.32. The molecule has 0 radical (unpaired) electrons. The van der Waals surface area contributed by atoms with E-state index in [2.05, 4.69) is 37.5 Å². The smallest absolute Gasteiger partial charge is 0.264 e. The van der Waals surface area contributed by atoms with Crippen molar-refractivity contribution in [3.05, 3.63) is 64.8 Å². The Morgan fingerprint density at radius 1 is 1.11 bits per heavy atom. The minimum absolute atomic E-state index is 0.154. The van der Waals surface area contributed by atoms with Gasteiger partial charge in [-0.15, -0.1) is 5.10 Å². The fourth-order valence-corrected chi connectivity index (χ4v) is 3.76. The molecule has 2 fully saturated rings. The maximum absolute atomic E-state index is 12.1. The molecule has 0 aliphatic carbocycles. The van der Waals surface area contributed by atoms with Crippen LogP contribution in [0.2, 0.25) is 0 Å². The van der Waals surface area contributed by atoms with Gasteiger partial charge in [0.2, 0.25) is 0 Å². The van der Waals surface area contributed by atoms with Gasteiger partial charge in [0.05, 0.1) is 11.1 Å².